The normalized spacial score (nSPS) is 14.6. The Morgan fingerprint density at radius 3 is 1.92 bits per heavy atom. The molecule has 3 heteroatoms. The number of aliphatic hydroxyl groups excluding tert-OH is 1. The zero-order chi connectivity index (χ0) is 18.9. The Bertz CT molecular complexity index is 480. The molecule has 0 aliphatic carbocycles. The van der Waals surface area contributed by atoms with E-state index in [0.717, 1.165) is 23.0 Å². The molecule has 1 N–H and O–H groups in total. The van der Waals surface area contributed by atoms with E-state index in [1.54, 1.807) is 21.1 Å². The number of hydrogen-bond donors (Lipinski definition) is 1. The summed E-state index contributed by atoms with van der Waals surface area (Å²) < 4.78 is 0. The fourth-order valence-electron chi connectivity index (χ4n) is 2.42. The quantitative estimate of drug-likeness (QED) is 0.681. The number of aliphatic hydroxyl groups is 1. The van der Waals surface area contributed by atoms with Crippen molar-refractivity contribution in [1.29, 1.82) is 0 Å². The maximum Gasteiger partial charge on any atom is 0.210 e. The average Bonchev–Trinajstić information content (AvgIpc) is 2.51. The third-order valence-electron chi connectivity index (χ3n) is 4.69. The Balaban J connectivity index is 0.000000640. The molecule has 0 aromatic heterocycles. The van der Waals surface area contributed by atoms with E-state index in [1.165, 1.54) is 6.42 Å². The van der Waals surface area contributed by atoms with E-state index in [4.69, 9.17) is 0 Å². The Morgan fingerprint density at radius 2 is 1.58 bits per heavy atom. The van der Waals surface area contributed by atoms with Gasteiger partial charge in [0.05, 0.1) is 11.8 Å². The van der Waals surface area contributed by atoms with Crippen molar-refractivity contribution in [3.05, 3.63) is 35.4 Å². The molecule has 1 aromatic carbocycles. The van der Waals surface area contributed by atoms with Gasteiger partial charge in [0.15, 0.2) is 0 Å². The fraction of sp³-hybridized carbons (Fsp3) is 0.667. The molecule has 0 fully saturated rings. The summed E-state index contributed by atoms with van der Waals surface area (Å²) in [5, 5.41) is 9.57. The van der Waals surface area contributed by atoms with Gasteiger partial charge >= 0.3 is 0 Å². The Hall–Kier alpha value is -1.09. The van der Waals surface area contributed by atoms with Crippen LogP contribution in [0.25, 0.3) is 0 Å². The Labute approximate surface area is 150 Å². The van der Waals surface area contributed by atoms with E-state index in [1.807, 2.05) is 24.3 Å². The van der Waals surface area contributed by atoms with Crippen molar-refractivity contribution in [2.75, 3.05) is 0 Å². The third-order valence-corrected chi connectivity index (χ3v) is 4.69. The molecule has 0 amide bonds. The van der Waals surface area contributed by atoms with Crippen LogP contribution in [0.1, 0.15) is 84.9 Å². The first-order valence-corrected chi connectivity index (χ1v) is 9.23. The summed E-state index contributed by atoms with van der Waals surface area (Å²) in [5.41, 5.74) is 2.07. The minimum Gasteiger partial charge on any atom is -0.389 e. The second kappa shape index (κ2) is 11.5. The van der Waals surface area contributed by atoms with Crippen molar-refractivity contribution in [1.82, 2.24) is 0 Å². The van der Waals surface area contributed by atoms with Gasteiger partial charge < -0.3 is 9.90 Å². The maximum atomic E-state index is 11.2. The fourth-order valence-corrected chi connectivity index (χ4v) is 2.42. The first-order chi connectivity index (χ1) is 11.1. The van der Waals surface area contributed by atoms with E-state index in [0.29, 0.717) is 5.92 Å². The van der Waals surface area contributed by atoms with Gasteiger partial charge in [-0.2, -0.15) is 0 Å². The highest BCUT2D eigenvalue weighted by atomic mass is 16.3. The zero-order valence-electron chi connectivity index (χ0n) is 16.8. The van der Waals surface area contributed by atoms with E-state index >= 15 is 0 Å². The average molecular weight is 331 g/mol. The molecule has 0 aliphatic heterocycles. The molecule has 3 unspecified atom stereocenters. The molecule has 0 saturated heterocycles. The summed E-state index contributed by atoms with van der Waals surface area (Å²) in [7, 11) is 1.76. The molecule has 1 radical (unpaired) electrons. The van der Waals surface area contributed by atoms with Crippen molar-refractivity contribution >= 4 is 13.0 Å². The number of carbonyl (C=O) groups is 1. The van der Waals surface area contributed by atoms with Crippen LogP contribution in [0.15, 0.2) is 24.3 Å². The summed E-state index contributed by atoms with van der Waals surface area (Å²) in [6.07, 6.45) is 0.845. The summed E-state index contributed by atoms with van der Waals surface area (Å²) >= 11 is 0. The van der Waals surface area contributed by atoms with Crippen LogP contribution in [0.4, 0.5) is 0 Å². The monoisotopic (exact) mass is 331 g/mol. The van der Waals surface area contributed by atoms with Gasteiger partial charge in [-0.25, -0.2) is 0 Å². The molecule has 135 valence electrons. The highest BCUT2D eigenvalue weighted by Crippen LogP contribution is 2.26. The molecule has 2 nitrogen and oxygen atoms in total. The summed E-state index contributed by atoms with van der Waals surface area (Å²) in [5.74, 6) is 2.25. The van der Waals surface area contributed by atoms with E-state index in [-0.39, 0.29) is 11.5 Å². The second-order valence-electron chi connectivity index (χ2n) is 7.52. The predicted molar refractivity (Wildman–Crippen MR) is 105 cm³/mol. The lowest BCUT2D eigenvalue weighted by Gasteiger charge is -2.20. The molecular weight excluding hydrogens is 295 g/mol. The molecule has 1 aromatic rings. The number of carbonyl (C=O) groups excluding carboxylic acids is 1. The summed E-state index contributed by atoms with van der Waals surface area (Å²) in [6.45, 7) is 16.6. The van der Waals surface area contributed by atoms with Crippen molar-refractivity contribution in [3.63, 3.8) is 0 Å². The van der Waals surface area contributed by atoms with Crippen LogP contribution in [0.2, 0.25) is 0 Å². The first-order valence-electron chi connectivity index (χ1n) is 9.23. The molecule has 24 heavy (non-hydrogen) atoms. The van der Waals surface area contributed by atoms with Gasteiger partial charge in [-0.05, 0) is 43.0 Å². The molecule has 3 atom stereocenters. The van der Waals surface area contributed by atoms with Crippen LogP contribution < -0.4 is 0 Å². The standard InChI is InChI=1S/C14H20BO2.C7H16/c1-9(2)14(15-11(4)17)13-7-5-6-12(8-13)10(3)16;1-5-7(4)6(2)3/h5-10,14,16H,1-4H3;6-7H,5H2,1-4H3. The van der Waals surface area contributed by atoms with Crippen LogP contribution in [-0.4, -0.2) is 18.1 Å². The first kappa shape index (κ1) is 22.9. The molecule has 0 bridgehead atoms. The Morgan fingerprint density at radius 1 is 1.04 bits per heavy atom. The van der Waals surface area contributed by atoms with Gasteiger partial charge in [0.25, 0.3) is 0 Å². The summed E-state index contributed by atoms with van der Waals surface area (Å²) in [6, 6.07) is 7.82. The highest BCUT2D eigenvalue weighted by Gasteiger charge is 2.20. The van der Waals surface area contributed by atoms with E-state index in [9.17, 15) is 9.90 Å². The highest BCUT2D eigenvalue weighted by molar-refractivity contribution is 6.74. The minimum absolute atomic E-state index is 0.0890. The molecule has 0 spiro atoms. The predicted octanol–water partition coefficient (Wildman–Crippen LogP) is 5.38. The SMILES string of the molecule is CC(=O)[B]C(c1cccc(C(C)O)c1)C(C)C.CCC(C)C(C)C. The van der Waals surface area contributed by atoms with Crippen molar-refractivity contribution in [2.24, 2.45) is 17.8 Å². The number of benzene rings is 1. The molecular formula is C21H36BO2. The van der Waals surface area contributed by atoms with Crippen LogP contribution >= 0.6 is 0 Å². The lowest BCUT2D eigenvalue weighted by atomic mass is 9.55. The molecule has 1 rings (SSSR count). The van der Waals surface area contributed by atoms with Crippen LogP contribution in [0, 0.1) is 17.8 Å². The van der Waals surface area contributed by atoms with E-state index < -0.39 is 6.10 Å². The minimum atomic E-state index is -0.472. The largest absolute Gasteiger partial charge is 0.389 e. The lowest BCUT2D eigenvalue weighted by molar-refractivity contribution is -0.110. The van der Waals surface area contributed by atoms with Gasteiger partial charge in [0, 0.05) is 0 Å². The van der Waals surface area contributed by atoms with Crippen LogP contribution in [-0.2, 0) is 4.79 Å². The van der Waals surface area contributed by atoms with E-state index in [2.05, 4.69) is 41.5 Å². The topological polar surface area (TPSA) is 37.3 Å². The maximum absolute atomic E-state index is 11.2. The number of hydrogen-bond acceptors (Lipinski definition) is 2. The van der Waals surface area contributed by atoms with Crippen molar-refractivity contribution < 1.29 is 9.90 Å². The smallest absolute Gasteiger partial charge is 0.210 e. The van der Waals surface area contributed by atoms with Gasteiger partial charge in [0.1, 0.15) is 0 Å². The Kier molecular flexibility index (Phi) is 10.9. The lowest BCUT2D eigenvalue weighted by Crippen LogP contribution is -2.20. The number of rotatable bonds is 7. The van der Waals surface area contributed by atoms with Crippen LogP contribution in [0.5, 0.6) is 0 Å². The van der Waals surface area contributed by atoms with Gasteiger partial charge in [0.2, 0.25) is 7.28 Å². The zero-order valence-corrected chi connectivity index (χ0v) is 16.8. The summed E-state index contributed by atoms with van der Waals surface area (Å²) in [4.78, 5) is 11.2. The van der Waals surface area contributed by atoms with Crippen molar-refractivity contribution in [3.8, 4) is 0 Å². The van der Waals surface area contributed by atoms with Gasteiger partial charge in [-0.15, -0.1) is 0 Å². The molecule has 0 heterocycles. The van der Waals surface area contributed by atoms with Gasteiger partial charge in [-0.3, -0.25) is 0 Å². The van der Waals surface area contributed by atoms with Crippen LogP contribution in [0.3, 0.4) is 0 Å². The van der Waals surface area contributed by atoms with Crippen molar-refractivity contribution in [2.45, 2.75) is 73.7 Å². The van der Waals surface area contributed by atoms with Gasteiger partial charge in [-0.1, -0.05) is 77.8 Å². The molecule has 0 aliphatic rings. The second-order valence-corrected chi connectivity index (χ2v) is 7.52. The third kappa shape index (κ3) is 8.68. The molecule has 0 saturated carbocycles.